The minimum Gasteiger partial charge on any atom is -0.489 e. The smallest absolute Gasteiger partial charge is 0.319 e. The number of urea groups is 1. The van der Waals surface area contributed by atoms with Crippen molar-refractivity contribution in [3.05, 3.63) is 72.1 Å². The lowest BCUT2D eigenvalue weighted by molar-refractivity contribution is 0.175. The van der Waals surface area contributed by atoms with Crippen molar-refractivity contribution in [2.24, 2.45) is 0 Å². The number of carbonyl (C=O) groups is 1. The highest BCUT2D eigenvalue weighted by molar-refractivity contribution is 5.89. The second kappa shape index (κ2) is 8.84. The second-order valence-corrected chi connectivity index (χ2v) is 5.68. The van der Waals surface area contributed by atoms with Crippen molar-refractivity contribution in [2.75, 3.05) is 18.5 Å². The summed E-state index contributed by atoms with van der Waals surface area (Å²) in [6, 6.07) is 12.0. The molecule has 2 rings (SSSR count). The number of hydrogen-bond acceptors (Lipinski definition) is 3. The minimum absolute atomic E-state index is 0.00329. The van der Waals surface area contributed by atoms with Crippen molar-refractivity contribution < 1.29 is 19.0 Å². The van der Waals surface area contributed by atoms with Crippen LogP contribution in [0, 0.1) is 5.82 Å². The molecule has 0 aliphatic heterocycles. The lowest BCUT2D eigenvalue weighted by atomic mass is 10.1. The highest BCUT2D eigenvalue weighted by Crippen LogP contribution is 2.18. The van der Waals surface area contributed by atoms with Gasteiger partial charge in [0.2, 0.25) is 0 Å². The Hall–Kier alpha value is -2.86. The first-order valence-corrected chi connectivity index (χ1v) is 7.79. The quantitative estimate of drug-likeness (QED) is 0.672. The molecule has 0 bridgehead atoms. The zero-order valence-corrected chi connectivity index (χ0v) is 14.0. The normalized spacial score (nSPS) is 11.5. The van der Waals surface area contributed by atoms with Gasteiger partial charge < -0.3 is 20.5 Å². The monoisotopic (exact) mass is 344 g/mol. The van der Waals surface area contributed by atoms with Gasteiger partial charge in [0.05, 0.1) is 6.10 Å². The van der Waals surface area contributed by atoms with Crippen LogP contribution in [-0.4, -0.2) is 24.3 Å². The summed E-state index contributed by atoms with van der Waals surface area (Å²) in [7, 11) is 0. The Morgan fingerprint density at radius 1 is 1.28 bits per heavy atom. The van der Waals surface area contributed by atoms with Crippen LogP contribution in [0.1, 0.15) is 18.6 Å². The molecule has 1 atom stereocenters. The van der Waals surface area contributed by atoms with Crippen molar-refractivity contribution in [1.82, 2.24) is 5.32 Å². The van der Waals surface area contributed by atoms with Crippen LogP contribution < -0.4 is 15.4 Å². The van der Waals surface area contributed by atoms with E-state index in [1.165, 1.54) is 24.3 Å². The van der Waals surface area contributed by atoms with Crippen LogP contribution in [0.25, 0.3) is 0 Å². The third-order valence-corrected chi connectivity index (χ3v) is 3.29. The van der Waals surface area contributed by atoms with Crippen LogP contribution in [0.2, 0.25) is 0 Å². The fraction of sp³-hybridized carbons (Fsp3) is 0.211. The lowest BCUT2D eigenvalue weighted by Gasteiger charge is -2.13. The minimum atomic E-state index is -0.920. The maximum Gasteiger partial charge on any atom is 0.319 e. The molecule has 2 amide bonds. The first-order valence-electron chi connectivity index (χ1n) is 7.79. The molecule has 0 aliphatic rings. The van der Waals surface area contributed by atoms with Gasteiger partial charge in [-0.3, -0.25) is 0 Å². The molecular formula is C19H21FN2O3. The van der Waals surface area contributed by atoms with Crippen molar-refractivity contribution in [1.29, 1.82) is 0 Å². The Morgan fingerprint density at radius 3 is 2.68 bits per heavy atom. The van der Waals surface area contributed by atoms with E-state index in [9.17, 15) is 14.3 Å². The number of aliphatic hydroxyl groups is 1. The van der Waals surface area contributed by atoms with E-state index in [2.05, 4.69) is 17.2 Å². The number of ether oxygens (including phenoxy) is 1. The SMILES string of the molecule is C=C(C)COc1cccc(NC(=O)NCC(O)c2ccc(F)cc2)c1. The van der Waals surface area contributed by atoms with Gasteiger partial charge in [-0.05, 0) is 42.3 Å². The van der Waals surface area contributed by atoms with Crippen LogP contribution in [0.3, 0.4) is 0 Å². The van der Waals surface area contributed by atoms with E-state index in [1.54, 1.807) is 24.3 Å². The molecule has 0 spiro atoms. The zero-order valence-electron chi connectivity index (χ0n) is 14.0. The molecule has 0 saturated carbocycles. The Labute approximate surface area is 146 Å². The number of benzene rings is 2. The predicted molar refractivity (Wildman–Crippen MR) is 95.1 cm³/mol. The largest absolute Gasteiger partial charge is 0.489 e. The molecule has 25 heavy (non-hydrogen) atoms. The van der Waals surface area contributed by atoms with Crippen molar-refractivity contribution >= 4 is 11.7 Å². The van der Waals surface area contributed by atoms with Crippen molar-refractivity contribution in [3.8, 4) is 5.75 Å². The molecule has 2 aromatic carbocycles. The first-order chi connectivity index (χ1) is 11.9. The van der Waals surface area contributed by atoms with Crippen LogP contribution in [0.5, 0.6) is 5.75 Å². The first kappa shape index (κ1) is 18.5. The number of rotatable bonds is 7. The number of aliphatic hydroxyl groups excluding tert-OH is 1. The third-order valence-electron chi connectivity index (χ3n) is 3.29. The number of carbonyl (C=O) groups excluding carboxylic acids is 1. The Kier molecular flexibility index (Phi) is 6.54. The van der Waals surface area contributed by atoms with Crippen molar-refractivity contribution in [2.45, 2.75) is 13.0 Å². The number of anilines is 1. The van der Waals surface area contributed by atoms with E-state index < -0.39 is 12.1 Å². The molecule has 0 heterocycles. The maximum atomic E-state index is 12.9. The number of nitrogens with one attached hydrogen (secondary N) is 2. The molecule has 0 fully saturated rings. The molecule has 6 heteroatoms. The van der Waals surface area contributed by atoms with Gasteiger partial charge in [-0.25, -0.2) is 9.18 Å². The Morgan fingerprint density at radius 2 is 2.00 bits per heavy atom. The highest BCUT2D eigenvalue weighted by Gasteiger charge is 2.10. The topological polar surface area (TPSA) is 70.6 Å². The number of amides is 2. The van der Waals surface area contributed by atoms with Gasteiger partial charge in [0, 0.05) is 18.3 Å². The fourth-order valence-corrected chi connectivity index (χ4v) is 2.04. The van der Waals surface area contributed by atoms with Crippen molar-refractivity contribution in [3.63, 3.8) is 0 Å². The zero-order chi connectivity index (χ0) is 18.2. The van der Waals surface area contributed by atoms with Gasteiger partial charge in [0.15, 0.2) is 0 Å². The molecule has 0 saturated heterocycles. The molecule has 0 aromatic heterocycles. The Bertz CT molecular complexity index is 732. The second-order valence-electron chi connectivity index (χ2n) is 5.68. The van der Waals surface area contributed by atoms with Crippen LogP contribution in [0.4, 0.5) is 14.9 Å². The molecule has 1 unspecified atom stereocenters. The third kappa shape index (κ3) is 6.27. The summed E-state index contributed by atoms with van der Waals surface area (Å²) in [6.45, 7) is 6.03. The van der Waals surface area contributed by atoms with E-state index in [-0.39, 0.29) is 12.4 Å². The predicted octanol–water partition coefficient (Wildman–Crippen LogP) is 3.64. The standard InChI is InChI=1S/C19H21FN2O3/c1-13(2)12-25-17-5-3-4-16(10-17)22-19(24)21-11-18(23)14-6-8-15(20)9-7-14/h3-10,18,23H,1,11-12H2,2H3,(H2,21,22,24). The summed E-state index contributed by atoms with van der Waals surface area (Å²) in [4.78, 5) is 11.9. The van der Waals surface area contributed by atoms with Gasteiger partial charge in [0.25, 0.3) is 0 Å². The van der Waals surface area contributed by atoms with E-state index in [0.717, 1.165) is 5.57 Å². The van der Waals surface area contributed by atoms with Crippen LogP contribution in [0.15, 0.2) is 60.7 Å². The summed E-state index contributed by atoms with van der Waals surface area (Å²) in [5.41, 5.74) is 1.98. The average Bonchev–Trinajstić information content (AvgIpc) is 2.59. The van der Waals surface area contributed by atoms with Crippen LogP contribution in [-0.2, 0) is 0 Å². The number of halogens is 1. The van der Waals surface area contributed by atoms with E-state index in [0.29, 0.717) is 23.6 Å². The molecule has 132 valence electrons. The summed E-state index contributed by atoms with van der Waals surface area (Å²) in [5.74, 6) is 0.238. The fourth-order valence-electron chi connectivity index (χ4n) is 2.04. The van der Waals surface area contributed by atoms with Gasteiger partial charge >= 0.3 is 6.03 Å². The Balaban J connectivity index is 1.84. The number of hydrogen-bond donors (Lipinski definition) is 3. The lowest BCUT2D eigenvalue weighted by Crippen LogP contribution is -2.32. The van der Waals surface area contributed by atoms with E-state index in [1.807, 2.05) is 6.92 Å². The summed E-state index contributed by atoms with van der Waals surface area (Å²) in [6.07, 6.45) is -0.920. The average molecular weight is 344 g/mol. The molecule has 5 nitrogen and oxygen atoms in total. The summed E-state index contributed by atoms with van der Waals surface area (Å²) in [5, 5.41) is 15.2. The summed E-state index contributed by atoms with van der Waals surface area (Å²) >= 11 is 0. The van der Waals surface area contributed by atoms with E-state index >= 15 is 0 Å². The van der Waals surface area contributed by atoms with E-state index in [4.69, 9.17) is 4.74 Å². The molecular weight excluding hydrogens is 323 g/mol. The van der Waals surface area contributed by atoms with Gasteiger partial charge in [-0.1, -0.05) is 24.8 Å². The highest BCUT2D eigenvalue weighted by atomic mass is 19.1. The molecule has 0 aliphatic carbocycles. The molecule has 3 N–H and O–H groups in total. The molecule has 0 radical (unpaired) electrons. The van der Waals surface area contributed by atoms with Gasteiger partial charge in [0.1, 0.15) is 18.2 Å². The van der Waals surface area contributed by atoms with Gasteiger partial charge in [-0.2, -0.15) is 0 Å². The maximum absolute atomic E-state index is 12.9. The molecule has 2 aromatic rings. The van der Waals surface area contributed by atoms with Gasteiger partial charge in [-0.15, -0.1) is 0 Å². The summed E-state index contributed by atoms with van der Waals surface area (Å²) < 4.78 is 18.4. The van der Waals surface area contributed by atoms with Crippen LogP contribution >= 0.6 is 0 Å².